The Hall–Kier alpha value is -0.320. The van der Waals surface area contributed by atoms with E-state index < -0.39 is 0 Å². The Kier molecular flexibility index (Phi) is 8.15. The van der Waals surface area contributed by atoms with Crippen molar-refractivity contribution in [2.45, 2.75) is 30.8 Å². The Morgan fingerprint density at radius 2 is 1.91 bits per heavy atom. The second-order valence-corrected chi connectivity index (χ2v) is 6.52. The van der Waals surface area contributed by atoms with Gasteiger partial charge in [0.05, 0.1) is 0 Å². The number of likely N-dealkylation sites (N-methyl/N-ethyl adjacent to an activating group) is 1. The van der Waals surface area contributed by atoms with Crippen LogP contribution < -0.4 is 5.32 Å². The van der Waals surface area contributed by atoms with E-state index in [-0.39, 0.29) is 24.8 Å². The third-order valence-electron chi connectivity index (χ3n) is 4.83. The Bertz CT molecular complexity index is 427. The highest BCUT2D eigenvalue weighted by molar-refractivity contribution is 5.85. The first-order valence-corrected chi connectivity index (χ1v) is 7.91. The number of nitrogens with one attached hydrogen (secondary N) is 1. The molecule has 0 spiro atoms. The fourth-order valence-corrected chi connectivity index (χ4v) is 3.33. The summed E-state index contributed by atoms with van der Waals surface area (Å²) in [7, 11) is 4.39. The van der Waals surface area contributed by atoms with Crippen molar-refractivity contribution in [3.63, 3.8) is 0 Å². The van der Waals surface area contributed by atoms with Gasteiger partial charge in [0.15, 0.2) is 0 Å². The molecule has 3 atom stereocenters. The smallest absolute Gasteiger partial charge is 0.0229 e. The summed E-state index contributed by atoms with van der Waals surface area (Å²) in [6.07, 6.45) is 2.63. The lowest BCUT2D eigenvalue weighted by Gasteiger charge is -2.20. The van der Waals surface area contributed by atoms with Gasteiger partial charge in [-0.3, -0.25) is 0 Å². The SMILES string of the molecule is CN(C)[C@@H]1CCN(CCN[C@H]2C[C@@H]2c2ccccc2)C1.Cl.Cl. The van der Waals surface area contributed by atoms with Crippen LogP contribution in [0, 0.1) is 0 Å². The van der Waals surface area contributed by atoms with Crippen molar-refractivity contribution in [2.24, 2.45) is 0 Å². The van der Waals surface area contributed by atoms with Gasteiger partial charge in [-0.2, -0.15) is 0 Å². The van der Waals surface area contributed by atoms with E-state index in [0.717, 1.165) is 18.5 Å². The van der Waals surface area contributed by atoms with Crippen LogP contribution in [-0.4, -0.2) is 62.2 Å². The van der Waals surface area contributed by atoms with Crippen molar-refractivity contribution in [3.8, 4) is 0 Å². The Morgan fingerprint density at radius 3 is 2.55 bits per heavy atom. The van der Waals surface area contributed by atoms with E-state index in [2.05, 4.69) is 59.5 Å². The summed E-state index contributed by atoms with van der Waals surface area (Å²) in [5.74, 6) is 0.754. The minimum atomic E-state index is 0. The number of likely N-dealkylation sites (tertiary alicyclic amines) is 1. The lowest BCUT2D eigenvalue weighted by Crippen LogP contribution is -2.35. The highest BCUT2D eigenvalue weighted by atomic mass is 35.5. The average Bonchev–Trinajstić information content (AvgIpc) is 3.07. The van der Waals surface area contributed by atoms with Crippen molar-refractivity contribution in [1.29, 1.82) is 0 Å². The second-order valence-electron chi connectivity index (χ2n) is 6.52. The van der Waals surface area contributed by atoms with Gasteiger partial charge in [0.1, 0.15) is 0 Å². The predicted molar refractivity (Wildman–Crippen MR) is 98.6 cm³/mol. The van der Waals surface area contributed by atoms with E-state index >= 15 is 0 Å². The molecule has 0 bridgehead atoms. The molecule has 1 aliphatic carbocycles. The van der Waals surface area contributed by atoms with Crippen LogP contribution in [0.4, 0.5) is 0 Å². The van der Waals surface area contributed by atoms with Gasteiger partial charge in [-0.15, -0.1) is 24.8 Å². The molecule has 1 aliphatic heterocycles. The molecule has 2 fully saturated rings. The number of rotatable bonds is 6. The fourth-order valence-electron chi connectivity index (χ4n) is 3.33. The molecule has 0 amide bonds. The highest BCUT2D eigenvalue weighted by Gasteiger charge is 2.37. The molecule has 2 aliphatic rings. The average molecular weight is 346 g/mol. The lowest BCUT2D eigenvalue weighted by molar-refractivity contribution is 0.268. The standard InChI is InChI=1S/C17H27N3.2ClH/c1-19(2)15-8-10-20(13-15)11-9-18-17-12-16(17)14-6-4-3-5-7-14;;/h3-7,15-18H,8-13H2,1-2H3;2*1H/t15-,16-,17+;;/m1../s1. The minimum Gasteiger partial charge on any atom is -0.312 e. The van der Waals surface area contributed by atoms with Crippen molar-refractivity contribution >= 4 is 24.8 Å². The van der Waals surface area contributed by atoms with Crippen LogP contribution in [0.5, 0.6) is 0 Å². The van der Waals surface area contributed by atoms with Crippen LogP contribution in [0.25, 0.3) is 0 Å². The zero-order chi connectivity index (χ0) is 13.9. The van der Waals surface area contributed by atoms with E-state index in [9.17, 15) is 0 Å². The molecule has 0 aromatic heterocycles. The molecule has 1 aromatic carbocycles. The summed E-state index contributed by atoms with van der Waals surface area (Å²) in [4.78, 5) is 4.96. The molecular weight excluding hydrogens is 317 g/mol. The molecule has 0 unspecified atom stereocenters. The summed E-state index contributed by atoms with van der Waals surface area (Å²) in [6, 6.07) is 12.4. The maximum absolute atomic E-state index is 3.72. The van der Waals surface area contributed by atoms with Crippen molar-refractivity contribution in [3.05, 3.63) is 35.9 Å². The van der Waals surface area contributed by atoms with E-state index in [1.165, 1.54) is 38.0 Å². The molecule has 22 heavy (non-hydrogen) atoms. The van der Waals surface area contributed by atoms with Crippen LogP contribution >= 0.6 is 24.8 Å². The summed E-state index contributed by atoms with van der Waals surface area (Å²) in [6.45, 7) is 4.83. The molecule has 1 saturated carbocycles. The Balaban J connectivity index is 0.00000121. The van der Waals surface area contributed by atoms with Crippen LogP contribution in [-0.2, 0) is 0 Å². The number of nitrogens with zero attached hydrogens (tertiary/aromatic N) is 2. The second kappa shape index (κ2) is 9.09. The predicted octanol–water partition coefficient (Wildman–Crippen LogP) is 2.61. The Morgan fingerprint density at radius 1 is 1.18 bits per heavy atom. The number of hydrogen-bond donors (Lipinski definition) is 1. The molecule has 1 N–H and O–H groups in total. The van der Waals surface area contributed by atoms with E-state index in [1.54, 1.807) is 0 Å². The summed E-state index contributed by atoms with van der Waals surface area (Å²) in [5.41, 5.74) is 1.50. The largest absolute Gasteiger partial charge is 0.312 e. The molecule has 1 heterocycles. The maximum atomic E-state index is 3.72. The summed E-state index contributed by atoms with van der Waals surface area (Å²) in [5, 5.41) is 3.72. The van der Waals surface area contributed by atoms with Gasteiger partial charge >= 0.3 is 0 Å². The van der Waals surface area contributed by atoms with Crippen LogP contribution in [0.15, 0.2) is 30.3 Å². The third kappa shape index (κ3) is 5.10. The van der Waals surface area contributed by atoms with E-state index in [1.807, 2.05) is 0 Å². The fraction of sp³-hybridized carbons (Fsp3) is 0.647. The molecular formula is C17H29Cl2N3. The van der Waals surface area contributed by atoms with Gasteiger partial charge < -0.3 is 15.1 Å². The summed E-state index contributed by atoms with van der Waals surface area (Å²) < 4.78 is 0. The van der Waals surface area contributed by atoms with Crippen LogP contribution in [0.3, 0.4) is 0 Å². The van der Waals surface area contributed by atoms with Crippen molar-refractivity contribution in [2.75, 3.05) is 40.3 Å². The Labute approximate surface area is 147 Å². The number of halogens is 2. The highest BCUT2D eigenvalue weighted by Crippen LogP contribution is 2.40. The van der Waals surface area contributed by atoms with Gasteiger partial charge in [0.2, 0.25) is 0 Å². The third-order valence-corrected chi connectivity index (χ3v) is 4.83. The molecule has 3 nitrogen and oxygen atoms in total. The topological polar surface area (TPSA) is 18.5 Å². The maximum Gasteiger partial charge on any atom is 0.0229 e. The lowest BCUT2D eigenvalue weighted by atomic mass is 10.1. The van der Waals surface area contributed by atoms with Gasteiger partial charge in [0, 0.05) is 37.6 Å². The van der Waals surface area contributed by atoms with Crippen molar-refractivity contribution < 1.29 is 0 Å². The van der Waals surface area contributed by atoms with Crippen molar-refractivity contribution in [1.82, 2.24) is 15.1 Å². The van der Waals surface area contributed by atoms with Gasteiger partial charge in [-0.1, -0.05) is 30.3 Å². The molecule has 1 aromatic rings. The number of hydrogen-bond acceptors (Lipinski definition) is 3. The first kappa shape index (κ1) is 19.7. The van der Waals surface area contributed by atoms with Gasteiger partial charge in [-0.25, -0.2) is 0 Å². The molecule has 3 rings (SSSR count). The monoisotopic (exact) mass is 345 g/mol. The zero-order valence-corrected chi connectivity index (χ0v) is 15.2. The minimum absolute atomic E-state index is 0. The normalized spacial score (nSPS) is 27.3. The quantitative estimate of drug-likeness (QED) is 0.854. The molecule has 0 radical (unpaired) electrons. The first-order chi connectivity index (χ1) is 9.74. The van der Waals surface area contributed by atoms with Crippen LogP contribution in [0.2, 0.25) is 0 Å². The van der Waals surface area contributed by atoms with Crippen LogP contribution in [0.1, 0.15) is 24.3 Å². The first-order valence-electron chi connectivity index (χ1n) is 7.91. The molecule has 1 saturated heterocycles. The van der Waals surface area contributed by atoms with E-state index in [0.29, 0.717) is 6.04 Å². The zero-order valence-electron chi connectivity index (χ0n) is 13.6. The van der Waals surface area contributed by atoms with Gasteiger partial charge in [0.25, 0.3) is 0 Å². The summed E-state index contributed by atoms with van der Waals surface area (Å²) >= 11 is 0. The molecule has 126 valence electrons. The molecule has 5 heteroatoms. The number of benzene rings is 1. The van der Waals surface area contributed by atoms with E-state index in [4.69, 9.17) is 0 Å². The van der Waals surface area contributed by atoms with Gasteiger partial charge in [-0.05, 0) is 39.0 Å².